The average molecular weight is 261 g/mol. The Labute approximate surface area is 117 Å². The van der Waals surface area contributed by atoms with Gasteiger partial charge < -0.3 is 5.32 Å². The van der Waals surface area contributed by atoms with Crippen molar-refractivity contribution in [2.24, 2.45) is 10.8 Å². The first kappa shape index (κ1) is 14.4. The zero-order valence-electron chi connectivity index (χ0n) is 13.0. The Morgan fingerprint density at radius 3 is 2.42 bits per heavy atom. The lowest BCUT2D eigenvalue weighted by atomic mass is 9.63. The summed E-state index contributed by atoms with van der Waals surface area (Å²) in [5, 5.41) is 3.69. The van der Waals surface area contributed by atoms with Gasteiger partial charge in [-0.15, -0.1) is 0 Å². The molecule has 0 bridgehead atoms. The van der Waals surface area contributed by atoms with Crippen molar-refractivity contribution in [3.05, 3.63) is 23.8 Å². The fourth-order valence-electron chi connectivity index (χ4n) is 3.84. The maximum absolute atomic E-state index is 4.46. The normalized spacial score (nSPS) is 22.4. The summed E-state index contributed by atoms with van der Waals surface area (Å²) in [4.78, 5) is 8.60. The summed E-state index contributed by atoms with van der Waals surface area (Å²) in [5.41, 5.74) is 1.95. The van der Waals surface area contributed by atoms with Crippen LogP contribution in [0.1, 0.15) is 58.5 Å². The molecule has 0 atom stereocenters. The molecule has 1 aliphatic rings. The van der Waals surface area contributed by atoms with Crippen LogP contribution >= 0.6 is 0 Å². The Hall–Kier alpha value is -0.960. The van der Waals surface area contributed by atoms with E-state index in [0.29, 0.717) is 16.9 Å². The second kappa shape index (κ2) is 5.20. The molecule has 0 saturated heterocycles. The molecule has 1 fully saturated rings. The third-order valence-corrected chi connectivity index (χ3v) is 3.96. The molecule has 0 unspecified atom stereocenters. The summed E-state index contributed by atoms with van der Waals surface area (Å²) in [6.45, 7) is 12.3. The van der Waals surface area contributed by atoms with Gasteiger partial charge in [0.25, 0.3) is 0 Å². The minimum Gasteiger partial charge on any atom is -0.308 e. The molecule has 1 N–H and O–H groups in total. The van der Waals surface area contributed by atoms with Crippen LogP contribution in [0.5, 0.6) is 0 Å². The van der Waals surface area contributed by atoms with Crippen molar-refractivity contribution in [3.63, 3.8) is 0 Å². The molecule has 1 aliphatic carbocycles. The maximum atomic E-state index is 4.46. The van der Waals surface area contributed by atoms with Gasteiger partial charge in [0, 0.05) is 18.8 Å². The first-order chi connectivity index (χ1) is 8.76. The largest absolute Gasteiger partial charge is 0.308 e. The van der Waals surface area contributed by atoms with E-state index in [0.717, 1.165) is 18.1 Å². The molecule has 0 spiro atoms. The quantitative estimate of drug-likeness (QED) is 0.905. The molecule has 1 heterocycles. The predicted octanol–water partition coefficient (Wildman–Crippen LogP) is 3.48. The molecular formula is C16H27N3. The van der Waals surface area contributed by atoms with Crippen LogP contribution in [0.15, 0.2) is 12.3 Å². The summed E-state index contributed by atoms with van der Waals surface area (Å²) in [6.07, 6.45) is 5.65. The highest BCUT2D eigenvalue weighted by molar-refractivity contribution is 5.02. The highest BCUT2D eigenvalue weighted by Crippen LogP contribution is 2.45. The topological polar surface area (TPSA) is 37.8 Å². The zero-order chi connectivity index (χ0) is 14.1. The SMILES string of the molecule is Cc1nccc(CNC2CC(C)(C)CC(C)(C)C2)n1. The van der Waals surface area contributed by atoms with Crippen LogP contribution in [-0.4, -0.2) is 16.0 Å². The van der Waals surface area contributed by atoms with Gasteiger partial charge in [-0.2, -0.15) is 0 Å². The van der Waals surface area contributed by atoms with E-state index in [1.54, 1.807) is 0 Å². The molecule has 1 aromatic heterocycles. The first-order valence-corrected chi connectivity index (χ1v) is 7.28. The average Bonchev–Trinajstić information content (AvgIpc) is 2.22. The lowest BCUT2D eigenvalue weighted by Gasteiger charge is -2.45. The van der Waals surface area contributed by atoms with E-state index in [9.17, 15) is 0 Å². The van der Waals surface area contributed by atoms with Crippen molar-refractivity contribution < 1.29 is 0 Å². The van der Waals surface area contributed by atoms with E-state index >= 15 is 0 Å². The molecule has 0 aromatic carbocycles. The fraction of sp³-hybridized carbons (Fsp3) is 0.750. The van der Waals surface area contributed by atoms with Crippen LogP contribution < -0.4 is 5.32 Å². The van der Waals surface area contributed by atoms with Crippen LogP contribution in [0.3, 0.4) is 0 Å². The summed E-state index contributed by atoms with van der Waals surface area (Å²) < 4.78 is 0. The molecule has 0 amide bonds. The maximum Gasteiger partial charge on any atom is 0.125 e. The number of aryl methyl sites for hydroxylation is 1. The molecular weight excluding hydrogens is 234 g/mol. The van der Waals surface area contributed by atoms with Crippen LogP contribution in [0.4, 0.5) is 0 Å². The number of hydrogen-bond acceptors (Lipinski definition) is 3. The number of hydrogen-bond donors (Lipinski definition) is 1. The van der Waals surface area contributed by atoms with E-state index in [2.05, 4.69) is 43.0 Å². The van der Waals surface area contributed by atoms with Gasteiger partial charge in [0.15, 0.2) is 0 Å². The van der Waals surface area contributed by atoms with Crippen molar-refractivity contribution in [1.82, 2.24) is 15.3 Å². The highest BCUT2D eigenvalue weighted by Gasteiger charge is 2.38. The van der Waals surface area contributed by atoms with Crippen LogP contribution in [0.2, 0.25) is 0 Å². The summed E-state index contributed by atoms with van der Waals surface area (Å²) in [6, 6.07) is 2.59. The van der Waals surface area contributed by atoms with Crippen molar-refractivity contribution in [2.75, 3.05) is 0 Å². The zero-order valence-corrected chi connectivity index (χ0v) is 13.0. The minimum absolute atomic E-state index is 0.432. The molecule has 2 rings (SSSR count). The molecule has 106 valence electrons. The lowest BCUT2D eigenvalue weighted by molar-refractivity contribution is 0.0843. The van der Waals surface area contributed by atoms with E-state index < -0.39 is 0 Å². The highest BCUT2D eigenvalue weighted by atomic mass is 15.0. The van der Waals surface area contributed by atoms with Gasteiger partial charge in [0.2, 0.25) is 0 Å². The summed E-state index contributed by atoms with van der Waals surface area (Å²) in [7, 11) is 0. The molecule has 19 heavy (non-hydrogen) atoms. The van der Waals surface area contributed by atoms with Crippen molar-refractivity contribution in [1.29, 1.82) is 0 Å². The molecule has 1 aromatic rings. The predicted molar refractivity (Wildman–Crippen MR) is 78.8 cm³/mol. The van der Waals surface area contributed by atoms with Crippen LogP contribution in [-0.2, 0) is 6.54 Å². The fourth-order valence-corrected chi connectivity index (χ4v) is 3.84. The van der Waals surface area contributed by atoms with Gasteiger partial charge in [0.05, 0.1) is 5.69 Å². The number of aromatic nitrogens is 2. The second-order valence-corrected chi connectivity index (χ2v) is 7.59. The Bertz CT molecular complexity index is 421. The monoisotopic (exact) mass is 261 g/mol. The van der Waals surface area contributed by atoms with E-state index in [1.807, 2.05) is 19.2 Å². The summed E-state index contributed by atoms with van der Waals surface area (Å²) in [5.74, 6) is 0.851. The molecule has 0 radical (unpaired) electrons. The smallest absolute Gasteiger partial charge is 0.125 e. The van der Waals surface area contributed by atoms with Crippen molar-refractivity contribution >= 4 is 0 Å². The Kier molecular flexibility index (Phi) is 3.95. The van der Waals surface area contributed by atoms with E-state index in [-0.39, 0.29) is 0 Å². The van der Waals surface area contributed by atoms with E-state index in [1.165, 1.54) is 19.3 Å². The lowest BCUT2D eigenvalue weighted by Crippen LogP contribution is -2.43. The second-order valence-electron chi connectivity index (χ2n) is 7.59. The molecule has 3 nitrogen and oxygen atoms in total. The number of rotatable bonds is 3. The first-order valence-electron chi connectivity index (χ1n) is 7.28. The third-order valence-electron chi connectivity index (χ3n) is 3.96. The number of nitrogens with one attached hydrogen (secondary N) is 1. The van der Waals surface area contributed by atoms with Gasteiger partial charge in [-0.05, 0) is 43.1 Å². The third kappa shape index (κ3) is 4.27. The van der Waals surface area contributed by atoms with Gasteiger partial charge in [-0.3, -0.25) is 0 Å². The standard InChI is InChI=1S/C16H27N3/c1-12-17-7-6-13(19-12)10-18-14-8-15(2,3)11-16(4,5)9-14/h6-7,14,18H,8-11H2,1-5H3. The Morgan fingerprint density at radius 1 is 1.21 bits per heavy atom. The van der Waals surface area contributed by atoms with Gasteiger partial charge in [-0.1, -0.05) is 27.7 Å². The van der Waals surface area contributed by atoms with Gasteiger partial charge >= 0.3 is 0 Å². The van der Waals surface area contributed by atoms with Gasteiger partial charge in [-0.25, -0.2) is 9.97 Å². The number of nitrogens with zero attached hydrogens (tertiary/aromatic N) is 2. The Balaban J connectivity index is 1.96. The molecule has 0 aliphatic heterocycles. The van der Waals surface area contributed by atoms with Crippen molar-refractivity contribution in [3.8, 4) is 0 Å². The Morgan fingerprint density at radius 2 is 1.84 bits per heavy atom. The van der Waals surface area contributed by atoms with Crippen molar-refractivity contribution in [2.45, 2.75) is 66.5 Å². The van der Waals surface area contributed by atoms with Gasteiger partial charge in [0.1, 0.15) is 5.82 Å². The molecule has 1 saturated carbocycles. The summed E-state index contributed by atoms with van der Waals surface area (Å²) >= 11 is 0. The minimum atomic E-state index is 0.432. The van der Waals surface area contributed by atoms with E-state index in [4.69, 9.17) is 0 Å². The molecule has 3 heteroatoms. The van der Waals surface area contributed by atoms with Crippen LogP contribution in [0, 0.1) is 17.8 Å². The van der Waals surface area contributed by atoms with Crippen LogP contribution in [0.25, 0.3) is 0 Å².